The lowest BCUT2D eigenvalue weighted by molar-refractivity contribution is 0.0951. The number of rotatable bonds is 5. The van der Waals surface area contributed by atoms with Gasteiger partial charge in [-0.3, -0.25) is 9.69 Å². The number of hydrogen-bond acceptors (Lipinski definition) is 3. The minimum Gasteiger partial charge on any atom is -0.348 e. The number of nitrogens with one attached hydrogen (secondary N) is 1. The first kappa shape index (κ1) is 18.2. The van der Waals surface area contributed by atoms with Crippen molar-refractivity contribution in [1.82, 2.24) is 10.2 Å². The second kappa shape index (κ2) is 8.64. The van der Waals surface area contributed by atoms with Gasteiger partial charge in [-0.2, -0.15) is 5.26 Å². The Labute approximate surface area is 155 Å². The van der Waals surface area contributed by atoms with Crippen molar-refractivity contribution in [3.63, 3.8) is 0 Å². The van der Waals surface area contributed by atoms with Gasteiger partial charge < -0.3 is 5.32 Å². The van der Waals surface area contributed by atoms with Crippen LogP contribution in [0.1, 0.15) is 46.8 Å². The first-order valence-corrected chi connectivity index (χ1v) is 9.22. The van der Waals surface area contributed by atoms with E-state index in [0.29, 0.717) is 17.7 Å². The highest BCUT2D eigenvalue weighted by molar-refractivity contribution is 5.94. The minimum absolute atomic E-state index is 0.159. The van der Waals surface area contributed by atoms with Crippen molar-refractivity contribution in [2.24, 2.45) is 5.92 Å². The van der Waals surface area contributed by atoms with Crippen LogP contribution in [0, 0.1) is 17.2 Å². The Morgan fingerprint density at radius 2 is 1.85 bits per heavy atom. The Balaban J connectivity index is 1.51. The lowest BCUT2D eigenvalue weighted by Crippen LogP contribution is -2.32. The second-order valence-corrected chi connectivity index (χ2v) is 7.15. The monoisotopic (exact) mass is 347 g/mol. The van der Waals surface area contributed by atoms with Crippen molar-refractivity contribution < 1.29 is 4.79 Å². The van der Waals surface area contributed by atoms with Gasteiger partial charge in [0, 0.05) is 18.7 Å². The molecule has 0 aromatic heterocycles. The van der Waals surface area contributed by atoms with E-state index in [4.69, 9.17) is 5.26 Å². The van der Waals surface area contributed by atoms with Gasteiger partial charge in [-0.15, -0.1) is 0 Å². The molecule has 1 heterocycles. The maximum Gasteiger partial charge on any atom is 0.251 e. The first-order valence-electron chi connectivity index (χ1n) is 9.22. The molecule has 1 N–H and O–H groups in total. The van der Waals surface area contributed by atoms with Crippen molar-refractivity contribution >= 4 is 5.91 Å². The zero-order chi connectivity index (χ0) is 18.4. The summed E-state index contributed by atoms with van der Waals surface area (Å²) in [6.45, 7) is 6.18. The molecule has 0 atom stereocenters. The summed E-state index contributed by atoms with van der Waals surface area (Å²) in [5.41, 5.74) is 3.40. The molecule has 26 heavy (non-hydrogen) atoms. The van der Waals surface area contributed by atoms with Crippen LogP contribution >= 0.6 is 0 Å². The molecule has 1 saturated heterocycles. The number of benzene rings is 2. The number of piperidine rings is 1. The van der Waals surface area contributed by atoms with Crippen LogP contribution < -0.4 is 5.32 Å². The molecule has 0 bridgehead atoms. The number of carbonyl (C=O) groups is 1. The highest BCUT2D eigenvalue weighted by Gasteiger charge is 2.15. The Morgan fingerprint density at radius 1 is 1.15 bits per heavy atom. The van der Waals surface area contributed by atoms with Crippen LogP contribution in [0.15, 0.2) is 48.5 Å². The second-order valence-electron chi connectivity index (χ2n) is 7.15. The molecule has 3 rings (SSSR count). The summed E-state index contributed by atoms with van der Waals surface area (Å²) in [5.74, 6) is 0.694. The average Bonchev–Trinajstić information content (AvgIpc) is 2.69. The molecule has 4 nitrogen and oxygen atoms in total. The van der Waals surface area contributed by atoms with Crippen molar-refractivity contribution in [1.29, 1.82) is 5.26 Å². The van der Waals surface area contributed by atoms with Crippen LogP contribution in [-0.2, 0) is 13.1 Å². The molecule has 0 spiro atoms. The fourth-order valence-electron chi connectivity index (χ4n) is 3.26. The maximum absolute atomic E-state index is 12.2. The van der Waals surface area contributed by atoms with Crippen LogP contribution in [0.4, 0.5) is 0 Å². The number of nitrogens with zero attached hydrogens (tertiary/aromatic N) is 2. The predicted molar refractivity (Wildman–Crippen MR) is 102 cm³/mol. The van der Waals surface area contributed by atoms with E-state index in [1.54, 1.807) is 24.3 Å². The molecule has 0 radical (unpaired) electrons. The molecule has 1 fully saturated rings. The van der Waals surface area contributed by atoms with Crippen LogP contribution in [0.2, 0.25) is 0 Å². The molecular weight excluding hydrogens is 322 g/mol. The molecule has 1 aliphatic rings. The van der Waals surface area contributed by atoms with E-state index < -0.39 is 0 Å². The maximum atomic E-state index is 12.2. The molecule has 1 amide bonds. The van der Waals surface area contributed by atoms with Crippen molar-refractivity contribution in [2.45, 2.75) is 32.9 Å². The average molecular weight is 347 g/mol. The standard InChI is InChI=1S/C22H25N3O/c1-17-9-11-25(12-10-17)16-19-7-5-18(6-8-19)15-24-22(26)21-4-2-3-20(13-21)14-23/h2-8,13,17H,9-12,15-16H2,1H3,(H,24,26). The van der Waals surface area contributed by atoms with Crippen LogP contribution in [-0.4, -0.2) is 23.9 Å². The van der Waals surface area contributed by atoms with E-state index >= 15 is 0 Å². The quantitative estimate of drug-likeness (QED) is 0.897. The highest BCUT2D eigenvalue weighted by atomic mass is 16.1. The van der Waals surface area contributed by atoms with Gasteiger partial charge in [0.15, 0.2) is 0 Å². The van der Waals surface area contributed by atoms with E-state index in [-0.39, 0.29) is 5.91 Å². The third-order valence-corrected chi connectivity index (χ3v) is 5.01. The van der Waals surface area contributed by atoms with E-state index in [9.17, 15) is 4.79 Å². The molecule has 0 aliphatic carbocycles. The van der Waals surface area contributed by atoms with Gasteiger partial charge in [-0.1, -0.05) is 37.3 Å². The van der Waals surface area contributed by atoms with Crippen LogP contribution in [0.3, 0.4) is 0 Å². The molecule has 2 aromatic carbocycles. The molecule has 0 saturated carbocycles. The lowest BCUT2D eigenvalue weighted by atomic mass is 9.99. The van der Waals surface area contributed by atoms with Gasteiger partial charge in [0.2, 0.25) is 0 Å². The topological polar surface area (TPSA) is 56.1 Å². The van der Waals surface area contributed by atoms with Gasteiger partial charge in [-0.25, -0.2) is 0 Å². The Kier molecular flexibility index (Phi) is 6.04. The fourth-order valence-corrected chi connectivity index (χ4v) is 3.26. The van der Waals surface area contributed by atoms with Gasteiger partial charge in [0.25, 0.3) is 5.91 Å². The Hall–Kier alpha value is -2.64. The number of amides is 1. The van der Waals surface area contributed by atoms with E-state index in [0.717, 1.165) is 18.0 Å². The van der Waals surface area contributed by atoms with Crippen molar-refractivity contribution in [3.8, 4) is 6.07 Å². The van der Waals surface area contributed by atoms with E-state index in [2.05, 4.69) is 47.5 Å². The summed E-state index contributed by atoms with van der Waals surface area (Å²) < 4.78 is 0. The zero-order valence-electron chi connectivity index (χ0n) is 15.2. The minimum atomic E-state index is -0.159. The number of carbonyl (C=O) groups excluding carboxylic acids is 1. The molecule has 2 aromatic rings. The highest BCUT2D eigenvalue weighted by Crippen LogP contribution is 2.18. The SMILES string of the molecule is CC1CCN(Cc2ccc(CNC(=O)c3cccc(C#N)c3)cc2)CC1. The summed E-state index contributed by atoms with van der Waals surface area (Å²) in [4.78, 5) is 14.7. The third-order valence-electron chi connectivity index (χ3n) is 5.01. The summed E-state index contributed by atoms with van der Waals surface area (Å²) in [6, 6.07) is 17.3. The van der Waals surface area contributed by atoms with Gasteiger partial charge >= 0.3 is 0 Å². The van der Waals surface area contributed by atoms with Gasteiger partial charge in [-0.05, 0) is 61.2 Å². The number of likely N-dealkylation sites (tertiary alicyclic amines) is 1. The largest absolute Gasteiger partial charge is 0.348 e. The summed E-state index contributed by atoms with van der Waals surface area (Å²) in [6.07, 6.45) is 2.58. The number of hydrogen-bond donors (Lipinski definition) is 1. The smallest absolute Gasteiger partial charge is 0.251 e. The normalized spacial score (nSPS) is 15.4. The third kappa shape index (κ3) is 4.93. The molecule has 4 heteroatoms. The number of nitriles is 1. The lowest BCUT2D eigenvalue weighted by Gasteiger charge is -2.30. The molecule has 1 aliphatic heterocycles. The summed E-state index contributed by atoms with van der Waals surface area (Å²) in [5, 5.41) is 11.8. The van der Waals surface area contributed by atoms with Gasteiger partial charge in [0.1, 0.15) is 0 Å². The predicted octanol–water partition coefficient (Wildman–Crippen LogP) is 3.72. The fraction of sp³-hybridized carbons (Fsp3) is 0.364. The summed E-state index contributed by atoms with van der Waals surface area (Å²) in [7, 11) is 0. The van der Waals surface area contributed by atoms with Crippen molar-refractivity contribution in [2.75, 3.05) is 13.1 Å². The van der Waals surface area contributed by atoms with Crippen LogP contribution in [0.25, 0.3) is 0 Å². The Bertz CT molecular complexity index is 784. The van der Waals surface area contributed by atoms with Crippen LogP contribution in [0.5, 0.6) is 0 Å². The zero-order valence-corrected chi connectivity index (χ0v) is 15.2. The van der Waals surface area contributed by atoms with E-state index in [1.165, 1.54) is 31.5 Å². The molecule has 0 unspecified atom stereocenters. The first-order chi connectivity index (χ1) is 12.6. The molecular formula is C22H25N3O. The van der Waals surface area contributed by atoms with E-state index in [1.807, 2.05) is 0 Å². The molecule has 134 valence electrons. The Morgan fingerprint density at radius 3 is 2.54 bits per heavy atom. The summed E-state index contributed by atoms with van der Waals surface area (Å²) >= 11 is 0. The van der Waals surface area contributed by atoms with Crippen molar-refractivity contribution in [3.05, 3.63) is 70.8 Å². The van der Waals surface area contributed by atoms with Gasteiger partial charge in [0.05, 0.1) is 11.6 Å².